The van der Waals surface area contributed by atoms with Gasteiger partial charge in [-0.05, 0) is 29.8 Å². The molecule has 0 fully saturated rings. The van der Waals surface area contributed by atoms with E-state index in [2.05, 4.69) is 65.9 Å². The summed E-state index contributed by atoms with van der Waals surface area (Å²) in [4.78, 5) is 9.53. The molecule has 24 heavy (non-hydrogen) atoms. The van der Waals surface area contributed by atoms with E-state index in [0.29, 0.717) is 0 Å². The van der Waals surface area contributed by atoms with Crippen molar-refractivity contribution in [3.05, 3.63) is 66.6 Å². The maximum absolute atomic E-state index is 4.78. The summed E-state index contributed by atoms with van der Waals surface area (Å²) in [6.45, 7) is 2.06. The number of hydrogen-bond acceptors (Lipinski definition) is 2. The highest BCUT2D eigenvalue weighted by atomic mass is 15.0. The van der Waals surface area contributed by atoms with Crippen LogP contribution in [0.25, 0.3) is 49.0 Å². The van der Waals surface area contributed by atoms with Gasteiger partial charge >= 0.3 is 0 Å². The Morgan fingerprint density at radius 3 is 2.58 bits per heavy atom. The van der Waals surface area contributed by atoms with Crippen molar-refractivity contribution >= 4 is 49.0 Å². The van der Waals surface area contributed by atoms with Crippen molar-refractivity contribution in [3.8, 4) is 0 Å². The lowest BCUT2D eigenvalue weighted by atomic mass is 9.98. The van der Waals surface area contributed by atoms with Gasteiger partial charge in [0.05, 0.1) is 22.7 Å². The van der Waals surface area contributed by atoms with Crippen LogP contribution in [0.2, 0.25) is 0 Å². The van der Waals surface area contributed by atoms with Gasteiger partial charge in [0.1, 0.15) is 11.3 Å². The summed E-state index contributed by atoms with van der Waals surface area (Å²) in [6, 6.07) is 19.3. The van der Waals surface area contributed by atoms with Crippen LogP contribution in [0.4, 0.5) is 0 Å². The first-order valence-electron chi connectivity index (χ1n) is 8.12. The lowest BCUT2D eigenvalue weighted by molar-refractivity contribution is 1.09. The molecule has 0 saturated carbocycles. The van der Waals surface area contributed by atoms with E-state index < -0.39 is 0 Å². The summed E-state index contributed by atoms with van der Waals surface area (Å²) in [5.41, 5.74) is 4.40. The van der Waals surface area contributed by atoms with Crippen LogP contribution >= 0.6 is 0 Å². The summed E-state index contributed by atoms with van der Waals surface area (Å²) < 4.78 is 2.27. The van der Waals surface area contributed by atoms with Crippen LogP contribution in [0, 0.1) is 6.92 Å². The minimum absolute atomic E-state index is 0.964. The number of aryl methyl sites for hydroxylation is 1. The van der Waals surface area contributed by atoms with Crippen LogP contribution in [0.1, 0.15) is 5.82 Å². The largest absolute Gasteiger partial charge is 0.295 e. The smallest absolute Gasteiger partial charge is 0.111 e. The minimum atomic E-state index is 0.964. The van der Waals surface area contributed by atoms with E-state index in [1.165, 1.54) is 38.0 Å². The van der Waals surface area contributed by atoms with Crippen molar-refractivity contribution in [2.24, 2.45) is 0 Å². The van der Waals surface area contributed by atoms with Gasteiger partial charge in [0.2, 0.25) is 0 Å². The third-order valence-electron chi connectivity index (χ3n) is 5.08. The summed E-state index contributed by atoms with van der Waals surface area (Å²) in [6.07, 6.45) is 1.91. The molecule has 6 aromatic rings. The Bertz CT molecular complexity index is 1410. The van der Waals surface area contributed by atoms with E-state index in [-0.39, 0.29) is 0 Å². The van der Waals surface area contributed by atoms with Gasteiger partial charge in [0, 0.05) is 16.2 Å². The molecule has 0 spiro atoms. The zero-order valence-corrected chi connectivity index (χ0v) is 13.1. The van der Waals surface area contributed by atoms with Crippen molar-refractivity contribution in [1.29, 1.82) is 0 Å². The Kier molecular flexibility index (Phi) is 2.04. The minimum Gasteiger partial charge on any atom is -0.295 e. The number of rotatable bonds is 0. The van der Waals surface area contributed by atoms with E-state index in [1.807, 2.05) is 6.20 Å². The Labute approximate surface area is 137 Å². The van der Waals surface area contributed by atoms with Gasteiger partial charge in [-0.2, -0.15) is 0 Å². The molecule has 3 aromatic heterocycles. The van der Waals surface area contributed by atoms with Gasteiger partial charge in [0.15, 0.2) is 0 Å². The zero-order chi connectivity index (χ0) is 15.8. The monoisotopic (exact) mass is 307 g/mol. The van der Waals surface area contributed by atoms with E-state index >= 15 is 0 Å². The number of nitrogens with zero attached hydrogens (tertiary/aromatic N) is 3. The molecular weight excluding hydrogens is 294 g/mol. The molecule has 3 heteroatoms. The predicted molar refractivity (Wildman–Crippen MR) is 98.9 cm³/mol. The number of aromatic nitrogens is 3. The van der Waals surface area contributed by atoms with Crippen LogP contribution < -0.4 is 0 Å². The molecule has 0 aliphatic heterocycles. The van der Waals surface area contributed by atoms with Crippen molar-refractivity contribution in [3.63, 3.8) is 0 Å². The summed E-state index contributed by atoms with van der Waals surface area (Å²) >= 11 is 0. The second-order valence-electron chi connectivity index (χ2n) is 6.37. The Hall–Kier alpha value is -3.20. The normalized spacial score (nSPS) is 12.4. The SMILES string of the molecule is Cc1nc2cnc3c4ccccc4cc4c5ccccc5n1c2c43. The fourth-order valence-electron chi connectivity index (χ4n) is 4.12. The number of hydrogen-bond donors (Lipinski definition) is 0. The van der Waals surface area contributed by atoms with E-state index in [0.717, 1.165) is 16.9 Å². The first-order chi connectivity index (χ1) is 11.8. The molecule has 0 aliphatic carbocycles. The van der Waals surface area contributed by atoms with Gasteiger partial charge in [-0.1, -0.05) is 42.5 Å². The van der Waals surface area contributed by atoms with Gasteiger partial charge in [-0.15, -0.1) is 0 Å². The van der Waals surface area contributed by atoms with Gasteiger partial charge in [0.25, 0.3) is 0 Å². The van der Waals surface area contributed by atoms with Crippen LogP contribution in [0.3, 0.4) is 0 Å². The number of para-hydroxylation sites is 1. The zero-order valence-electron chi connectivity index (χ0n) is 13.1. The first-order valence-corrected chi connectivity index (χ1v) is 8.12. The molecule has 0 radical (unpaired) electrons. The first kappa shape index (κ1) is 12.3. The molecule has 0 unspecified atom stereocenters. The Morgan fingerprint density at radius 1 is 0.875 bits per heavy atom. The standard InChI is InChI=1S/C21H13N3/c1-12-23-17-11-22-20-14-7-3-2-6-13(14)10-16-15-8-4-5-9-18(15)24(12)21(17)19(16)20/h2-11H,1H3. The van der Waals surface area contributed by atoms with Crippen molar-refractivity contribution in [1.82, 2.24) is 14.4 Å². The fraction of sp³-hybridized carbons (Fsp3) is 0.0476. The maximum atomic E-state index is 4.78. The molecule has 0 amide bonds. The molecule has 0 aliphatic rings. The highest BCUT2D eigenvalue weighted by molar-refractivity contribution is 6.27. The van der Waals surface area contributed by atoms with Gasteiger partial charge in [-0.25, -0.2) is 4.98 Å². The number of benzene rings is 3. The summed E-state index contributed by atoms with van der Waals surface area (Å²) in [5, 5.41) is 6.14. The molecular formula is C21H13N3. The van der Waals surface area contributed by atoms with E-state index in [4.69, 9.17) is 9.97 Å². The molecule has 0 bridgehead atoms. The fourth-order valence-corrected chi connectivity index (χ4v) is 4.12. The average molecular weight is 307 g/mol. The van der Waals surface area contributed by atoms with Gasteiger partial charge < -0.3 is 0 Å². The van der Waals surface area contributed by atoms with Gasteiger partial charge in [-0.3, -0.25) is 9.38 Å². The summed E-state index contributed by atoms with van der Waals surface area (Å²) in [7, 11) is 0. The lowest BCUT2D eigenvalue weighted by Gasteiger charge is -2.13. The Balaban J connectivity index is 2.12. The summed E-state index contributed by atoms with van der Waals surface area (Å²) in [5.74, 6) is 1.01. The highest BCUT2D eigenvalue weighted by Gasteiger charge is 2.18. The van der Waals surface area contributed by atoms with Crippen molar-refractivity contribution < 1.29 is 0 Å². The van der Waals surface area contributed by atoms with Crippen LogP contribution in [0.5, 0.6) is 0 Å². The predicted octanol–water partition coefficient (Wildman–Crippen LogP) is 5.09. The van der Waals surface area contributed by atoms with E-state index in [9.17, 15) is 0 Å². The lowest BCUT2D eigenvalue weighted by Crippen LogP contribution is -1.95. The molecule has 0 saturated heterocycles. The average Bonchev–Trinajstić information content (AvgIpc) is 2.97. The third-order valence-corrected chi connectivity index (χ3v) is 5.08. The molecule has 3 aromatic carbocycles. The highest BCUT2D eigenvalue weighted by Crippen LogP contribution is 2.39. The third kappa shape index (κ3) is 1.30. The molecule has 0 N–H and O–H groups in total. The Morgan fingerprint density at radius 2 is 1.67 bits per heavy atom. The topological polar surface area (TPSA) is 30.2 Å². The quantitative estimate of drug-likeness (QED) is 0.289. The van der Waals surface area contributed by atoms with E-state index in [1.54, 1.807) is 0 Å². The van der Waals surface area contributed by atoms with Crippen molar-refractivity contribution in [2.75, 3.05) is 0 Å². The van der Waals surface area contributed by atoms with Crippen molar-refractivity contribution in [2.45, 2.75) is 6.92 Å². The molecule has 112 valence electrons. The second kappa shape index (κ2) is 4.01. The molecule has 0 atom stereocenters. The second-order valence-corrected chi connectivity index (χ2v) is 6.37. The maximum Gasteiger partial charge on any atom is 0.111 e. The van der Waals surface area contributed by atoms with Crippen LogP contribution in [0.15, 0.2) is 60.8 Å². The molecule has 6 rings (SSSR count). The number of fused-ring (bicyclic) bond motifs is 5. The number of pyridine rings is 2. The number of imidazole rings is 1. The molecule has 3 nitrogen and oxygen atoms in total. The molecule has 3 heterocycles. The van der Waals surface area contributed by atoms with Crippen LogP contribution in [-0.2, 0) is 0 Å². The van der Waals surface area contributed by atoms with Crippen LogP contribution in [-0.4, -0.2) is 14.4 Å².